The highest BCUT2D eigenvalue weighted by atomic mass is 35.5. The van der Waals surface area contributed by atoms with Gasteiger partial charge in [-0.15, -0.1) is 0 Å². The average Bonchev–Trinajstić information content (AvgIpc) is 3.21. The molecule has 2 amide bonds. The third kappa shape index (κ3) is 5.61. The van der Waals surface area contributed by atoms with Gasteiger partial charge in [0.15, 0.2) is 0 Å². The molecule has 228 valence electrons. The minimum atomic E-state index is -1.03. The van der Waals surface area contributed by atoms with Crippen molar-refractivity contribution in [3.63, 3.8) is 0 Å². The zero-order valence-corrected chi connectivity index (χ0v) is 27.1. The van der Waals surface area contributed by atoms with Crippen LogP contribution in [0.25, 0.3) is 0 Å². The summed E-state index contributed by atoms with van der Waals surface area (Å²) in [5, 5.41) is 11.4. The average molecular weight is 625 g/mol. The van der Waals surface area contributed by atoms with E-state index in [0.29, 0.717) is 65.7 Å². The first kappa shape index (κ1) is 31.2. The topological polar surface area (TPSA) is 91.2 Å². The first-order valence-corrected chi connectivity index (χ1v) is 15.4. The van der Waals surface area contributed by atoms with Crippen molar-refractivity contribution in [3.8, 4) is 5.88 Å². The molecule has 3 heterocycles. The molecule has 5 rings (SSSR count). The second kappa shape index (κ2) is 11.7. The standard InChI is InChI=1S/C33H39Cl2N5O3/c1-7-43-28-26(20-36-29(37-28)31(2,3)4)27-38-32(5,21-8-12-23(34)13-9-21)33(6,22-10-14-24(35)15-11-22)40(27)30(42)39-18-16-25(41)17-19-39/h8-15,20,25,41H,7,16-19H2,1-6H3/t32-,33+/m0/s1. The van der Waals surface area contributed by atoms with Crippen LogP contribution in [0.2, 0.25) is 10.0 Å². The molecule has 0 aliphatic carbocycles. The number of urea groups is 1. The van der Waals surface area contributed by atoms with E-state index < -0.39 is 17.2 Å². The number of amidine groups is 1. The Bertz CT molecular complexity index is 1510. The summed E-state index contributed by atoms with van der Waals surface area (Å²) in [6.45, 7) is 13.3. The highest BCUT2D eigenvalue weighted by Crippen LogP contribution is 2.54. The number of hydrogen-bond donors (Lipinski definition) is 1. The Labute approximate surface area is 263 Å². The summed E-state index contributed by atoms with van der Waals surface area (Å²) < 4.78 is 6.10. The second-order valence-electron chi connectivity index (χ2n) is 12.5. The number of benzene rings is 2. The number of aliphatic hydroxyl groups excluding tert-OH is 1. The van der Waals surface area contributed by atoms with Gasteiger partial charge in [0.1, 0.15) is 22.7 Å². The molecule has 0 bridgehead atoms. The van der Waals surface area contributed by atoms with Gasteiger partial charge in [-0.2, -0.15) is 4.98 Å². The number of nitrogens with zero attached hydrogens (tertiary/aromatic N) is 5. The van der Waals surface area contributed by atoms with Crippen LogP contribution in [0.5, 0.6) is 5.88 Å². The van der Waals surface area contributed by atoms with Crippen LogP contribution in [0.3, 0.4) is 0 Å². The summed E-state index contributed by atoms with van der Waals surface area (Å²) in [6, 6.07) is 14.9. The van der Waals surface area contributed by atoms with Gasteiger partial charge in [-0.25, -0.2) is 9.78 Å². The SMILES string of the molecule is CCOc1nc(C(C)(C)C)ncc1C1=N[C@@](C)(c2ccc(Cl)cc2)[C@@](C)(c2ccc(Cl)cc2)N1C(=O)N1CCC(O)CC1. The largest absolute Gasteiger partial charge is 0.477 e. The predicted molar refractivity (Wildman–Crippen MR) is 170 cm³/mol. The molecule has 0 unspecified atom stereocenters. The summed E-state index contributed by atoms with van der Waals surface area (Å²) in [6.07, 6.45) is 2.30. The zero-order chi connectivity index (χ0) is 31.2. The molecule has 2 atom stereocenters. The highest BCUT2D eigenvalue weighted by Gasteiger charge is 2.60. The molecular weight excluding hydrogens is 585 g/mol. The summed E-state index contributed by atoms with van der Waals surface area (Å²) in [7, 11) is 0. The quantitative estimate of drug-likeness (QED) is 0.332. The maximum Gasteiger partial charge on any atom is 0.326 e. The van der Waals surface area contributed by atoms with Crippen molar-refractivity contribution >= 4 is 35.1 Å². The lowest BCUT2D eigenvalue weighted by Gasteiger charge is -2.47. The van der Waals surface area contributed by atoms with Gasteiger partial charge in [0, 0.05) is 34.7 Å². The van der Waals surface area contributed by atoms with E-state index in [9.17, 15) is 9.90 Å². The van der Waals surface area contributed by atoms with E-state index in [1.807, 2.05) is 90.1 Å². The van der Waals surface area contributed by atoms with E-state index in [-0.39, 0.29) is 11.4 Å². The van der Waals surface area contributed by atoms with Gasteiger partial charge in [-0.1, -0.05) is 68.2 Å². The Kier molecular flexibility index (Phi) is 8.51. The van der Waals surface area contributed by atoms with Gasteiger partial charge < -0.3 is 14.7 Å². The van der Waals surface area contributed by atoms with Crippen LogP contribution in [-0.2, 0) is 16.5 Å². The molecule has 0 spiro atoms. The van der Waals surface area contributed by atoms with Crippen LogP contribution < -0.4 is 4.74 Å². The smallest absolute Gasteiger partial charge is 0.326 e. The molecule has 10 heteroatoms. The lowest BCUT2D eigenvalue weighted by atomic mass is 9.71. The molecule has 1 saturated heterocycles. The summed E-state index contributed by atoms with van der Waals surface area (Å²) >= 11 is 12.7. The minimum Gasteiger partial charge on any atom is -0.477 e. The molecule has 0 radical (unpaired) electrons. The van der Waals surface area contributed by atoms with Crippen molar-refractivity contribution in [1.29, 1.82) is 0 Å². The predicted octanol–water partition coefficient (Wildman–Crippen LogP) is 6.95. The fraction of sp³-hybridized carbons (Fsp3) is 0.455. The fourth-order valence-corrected chi connectivity index (χ4v) is 6.15. The van der Waals surface area contributed by atoms with Crippen molar-refractivity contribution in [2.75, 3.05) is 19.7 Å². The van der Waals surface area contributed by atoms with Crippen molar-refractivity contribution in [2.45, 2.75) is 77.0 Å². The second-order valence-corrected chi connectivity index (χ2v) is 13.4. The number of piperidine rings is 1. The van der Waals surface area contributed by atoms with Crippen LogP contribution in [0.1, 0.15) is 76.9 Å². The number of aliphatic imine (C=N–C) groups is 1. The zero-order valence-electron chi connectivity index (χ0n) is 25.6. The van der Waals surface area contributed by atoms with Crippen LogP contribution in [0, 0.1) is 0 Å². The summed E-state index contributed by atoms with van der Waals surface area (Å²) in [5.41, 5.74) is -0.0668. The Morgan fingerprint density at radius 3 is 2.09 bits per heavy atom. The minimum absolute atomic E-state index is 0.219. The van der Waals surface area contributed by atoms with E-state index in [0.717, 1.165) is 11.1 Å². The van der Waals surface area contributed by atoms with E-state index >= 15 is 0 Å². The molecule has 3 aromatic rings. The number of ether oxygens (including phenoxy) is 1. The summed E-state index contributed by atoms with van der Waals surface area (Å²) in [4.78, 5) is 33.3. The first-order valence-electron chi connectivity index (χ1n) is 14.7. The first-order chi connectivity index (χ1) is 20.3. The Hall–Kier alpha value is -3.20. The Morgan fingerprint density at radius 2 is 1.56 bits per heavy atom. The highest BCUT2D eigenvalue weighted by molar-refractivity contribution is 6.30. The van der Waals surface area contributed by atoms with Crippen molar-refractivity contribution in [2.24, 2.45) is 4.99 Å². The number of aromatic nitrogens is 2. The van der Waals surface area contributed by atoms with Gasteiger partial charge >= 0.3 is 6.03 Å². The molecule has 2 aliphatic rings. The number of halogens is 2. The van der Waals surface area contributed by atoms with Crippen LogP contribution in [0.4, 0.5) is 4.79 Å². The Balaban J connectivity index is 1.79. The lowest BCUT2D eigenvalue weighted by molar-refractivity contribution is 0.0689. The molecule has 2 aromatic carbocycles. The molecule has 0 saturated carbocycles. The van der Waals surface area contributed by atoms with Crippen LogP contribution >= 0.6 is 23.2 Å². The van der Waals surface area contributed by atoms with Crippen LogP contribution in [0.15, 0.2) is 59.7 Å². The number of carbonyl (C=O) groups is 1. The van der Waals surface area contributed by atoms with Crippen molar-refractivity contribution in [3.05, 3.63) is 87.3 Å². The number of rotatable bonds is 5. The number of hydrogen-bond acceptors (Lipinski definition) is 6. The lowest BCUT2D eigenvalue weighted by Crippen LogP contribution is -2.59. The number of likely N-dealkylation sites (tertiary alicyclic amines) is 1. The maximum absolute atomic E-state index is 14.8. The molecule has 1 fully saturated rings. The van der Waals surface area contributed by atoms with Gasteiger partial charge in [-0.05, 0) is 69.0 Å². The molecule has 43 heavy (non-hydrogen) atoms. The van der Waals surface area contributed by atoms with E-state index in [2.05, 4.69) is 0 Å². The Morgan fingerprint density at radius 1 is 1.00 bits per heavy atom. The third-order valence-corrected chi connectivity index (χ3v) is 9.13. The number of aliphatic hydroxyl groups is 1. The van der Waals surface area contributed by atoms with Crippen molar-refractivity contribution in [1.82, 2.24) is 19.8 Å². The molecule has 1 N–H and O–H groups in total. The monoisotopic (exact) mass is 623 g/mol. The van der Waals surface area contributed by atoms with E-state index in [4.69, 9.17) is 42.9 Å². The van der Waals surface area contributed by atoms with E-state index in [1.54, 1.807) is 16.0 Å². The number of amides is 2. The van der Waals surface area contributed by atoms with Gasteiger partial charge in [0.05, 0.1) is 18.3 Å². The van der Waals surface area contributed by atoms with Crippen molar-refractivity contribution < 1.29 is 14.6 Å². The molecule has 2 aliphatic heterocycles. The normalized spacial score (nSPS) is 23.0. The fourth-order valence-electron chi connectivity index (χ4n) is 5.89. The van der Waals surface area contributed by atoms with E-state index in [1.165, 1.54) is 0 Å². The third-order valence-electron chi connectivity index (χ3n) is 8.62. The summed E-state index contributed by atoms with van der Waals surface area (Å²) in [5.74, 6) is 1.41. The van der Waals surface area contributed by atoms with Gasteiger partial charge in [-0.3, -0.25) is 9.89 Å². The molecule has 1 aromatic heterocycles. The van der Waals surface area contributed by atoms with Crippen LogP contribution in [-0.4, -0.2) is 62.5 Å². The molecular formula is C33H39Cl2N5O3. The number of carbonyl (C=O) groups excluding carboxylic acids is 1. The molecule has 8 nitrogen and oxygen atoms in total. The van der Waals surface area contributed by atoms with Gasteiger partial charge in [0.2, 0.25) is 5.88 Å². The maximum atomic E-state index is 14.8. The van der Waals surface area contributed by atoms with Gasteiger partial charge in [0.25, 0.3) is 0 Å².